The van der Waals surface area contributed by atoms with E-state index in [9.17, 15) is 0 Å². The lowest BCUT2D eigenvalue weighted by atomic mass is 9.79. The zero-order valence-corrected chi connectivity index (χ0v) is 21.1. The van der Waals surface area contributed by atoms with Crippen molar-refractivity contribution in [2.75, 3.05) is 0 Å². The van der Waals surface area contributed by atoms with Crippen LogP contribution in [0.25, 0.3) is 47.7 Å². The number of hydrogen-bond acceptors (Lipinski definition) is 3. The summed E-state index contributed by atoms with van der Waals surface area (Å²) in [7, 11) is -0.387. The quantitative estimate of drug-likeness (QED) is 0.243. The molecule has 0 amide bonds. The van der Waals surface area contributed by atoms with Gasteiger partial charge >= 0.3 is 7.12 Å². The van der Waals surface area contributed by atoms with Crippen LogP contribution in [0.5, 0.6) is 0 Å². The monoisotopic (exact) mass is 475 g/mol. The number of aromatic nitrogens is 1. The van der Waals surface area contributed by atoms with Crippen LogP contribution in [0.3, 0.4) is 0 Å². The molecule has 1 saturated heterocycles. The number of benzene rings is 4. The average Bonchev–Trinajstić information content (AvgIpc) is 3.45. The normalized spacial score (nSPS) is 17.3. The fraction of sp³-hybridized carbons (Fsp3) is 0.200. The topological polar surface area (TPSA) is 23.4 Å². The summed E-state index contributed by atoms with van der Waals surface area (Å²) < 4.78 is 17.8. The van der Waals surface area contributed by atoms with Crippen LogP contribution in [0, 0.1) is 0 Å². The maximum Gasteiger partial charge on any atom is 0.494 e. The highest BCUT2D eigenvalue weighted by molar-refractivity contribution is 7.26. The first-order valence-electron chi connectivity index (χ1n) is 12.1. The largest absolute Gasteiger partial charge is 0.494 e. The molecule has 0 aliphatic carbocycles. The first-order chi connectivity index (χ1) is 16.8. The van der Waals surface area contributed by atoms with Crippen LogP contribution in [0.4, 0.5) is 0 Å². The van der Waals surface area contributed by atoms with Gasteiger partial charge in [-0.3, -0.25) is 0 Å². The van der Waals surface area contributed by atoms with E-state index >= 15 is 0 Å². The van der Waals surface area contributed by atoms with E-state index in [1.54, 1.807) is 0 Å². The molecule has 1 fully saturated rings. The Morgan fingerprint density at radius 2 is 1.40 bits per heavy atom. The molecule has 1 aliphatic rings. The molecule has 1 aliphatic heterocycles. The van der Waals surface area contributed by atoms with Crippen molar-refractivity contribution in [3.63, 3.8) is 0 Å². The highest BCUT2D eigenvalue weighted by atomic mass is 32.1. The lowest BCUT2D eigenvalue weighted by Gasteiger charge is -2.32. The Morgan fingerprint density at radius 1 is 0.686 bits per heavy atom. The van der Waals surface area contributed by atoms with Gasteiger partial charge in [0.25, 0.3) is 0 Å². The summed E-state index contributed by atoms with van der Waals surface area (Å²) in [4.78, 5) is 0. The van der Waals surface area contributed by atoms with Gasteiger partial charge in [-0.2, -0.15) is 0 Å². The lowest BCUT2D eigenvalue weighted by molar-refractivity contribution is 0.00578. The van der Waals surface area contributed by atoms with Gasteiger partial charge in [0.05, 0.1) is 22.2 Å². The maximum atomic E-state index is 6.36. The minimum Gasteiger partial charge on any atom is -0.399 e. The van der Waals surface area contributed by atoms with Crippen LogP contribution < -0.4 is 5.46 Å². The molecule has 5 heteroatoms. The molecule has 6 aromatic rings. The fourth-order valence-electron chi connectivity index (χ4n) is 5.30. The first kappa shape index (κ1) is 21.2. The number of nitrogens with zero attached hydrogens (tertiary/aromatic N) is 1. The third-order valence-corrected chi connectivity index (χ3v) is 9.04. The summed E-state index contributed by atoms with van der Waals surface area (Å²) in [6.07, 6.45) is 0. The molecule has 0 spiro atoms. The Labute approximate surface area is 209 Å². The van der Waals surface area contributed by atoms with E-state index in [-0.39, 0.29) is 18.3 Å². The van der Waals surface area contributed by atoms with E-state index in [4.69, 9.17) is 9.31 Å². The van der Waals surface area contributed by atoms with Gasteiger partial charge in [0.2, 0.25) is 0 Å². The van der Waals surface area contributed by atoms with Gasteiger partial charge in [0.1, 0.15) is 0 Å². The number of thiophene rings is 1. The molecular weight excluding hydrogens is 449 g/mol. The van der Waals surface area contributed by atoms with Gasteiger partial charge in [-0.05, 0) is 63.5 Å². The number of hydrogen-bond donors (Lipinski definition) is 0. The Bertz CT molecular complexity index is 1760. The van der Waals surface area contributed by atoms with Crippen molar-refractivity contribution in [3.05, 3.63) is 84.9 Å². The standard InChI is InChI=1S/C30H26BNO2S/c1-29(2)30(3,4)34-31(33-29)19-10-9-11-20(18-19)32-24-14-7-5-13-23(24)27-25(32)17-16-22-21-12-6-8-15-26(21)35-28(22)27/h5-18H,1-4H3. The van der Waals surface area contributed by atoms with E-state index < -0.39 is 0 Å². The molecule has 2 aromatic heterocycles. The maximum absolute atomic E-state index is 6.36. The van der Waals surface area contributed by atoms with Gasteiger partial charge in [-0.15, -0.1) is 11.3 Å². The van der Waals surface area contributed by atoms with Crippen molar-refractivity contribution in [1.29, 1.82) is 0 Å². The van der Waals surface area contributed by atoms with Gasteiger partial charge < -0.3 is 13.9 Å². The van der Waals surface area contributed by atoms with Crippen molar-refractivity contribution in [3.8, 4) is 5.69 Å². The third-order valence-electron chi connectivity index (χ3n) is 7.83. The number of para-hydroxylation sites is 1. The minimum absolute atomic E-state index is 0.368. The molecule has 0 unspecified atom stereocenters. The van der Waals surface area contributed by atoms with Crippen molar-refractivity contribution in [2.45, 2.75) is 38.9 Å². The van der Waals surface area contributed by atoms with Crippen LogP contribution >= 0.6 is 11.3 Å². The Morgan fingerprint density at radius 3 is 2.20 bits per heavy atom. The Kier molecular flexibility index (Phi) is 4.36. The minimum atomic E-state index is -0.387. The zero-order chi connectivity index (χ0) is 23.9. The molecule has 35 heavy (non-hydrogen) atoms. The van der Waals surface area contributed by atoms with Gasteiger partial charge in [-0.1, -0.05) is 54.6 Å². The van der Waals surface area contributed by atoms with E-state index in [0.717, 1.165) is 11.2 Å². The number of rotatable bonds is 2. The second-order valence-corrected chi connectivity index (χ2v) is 11.5. The summed E-state index contributed by atoms with van der Waals surface area (Å²) in [5.41, 5.74) is 3.84. The smallest absolute Gasteiger partial charge is 0.399 e. The number of fused-ring (bicyclic) bond motifs is 7. The molecule has 0 N–H and O–H groups in total. The van der Waals surface area contributed by atoms with Crippen LogP contribution in [0.2, 0.25) is 0 Å². The molecule has 172 valence electrons. The predicted molar refractivity (Wildman–Crippen MR) is 149 cm³/mol. The van der Waals surface area contributed by atoms with Crippen LogP contribution in [0.15, 0.2) is 84.9 Å². The average molecular weight is 475 g/mol. The summed E-state index contributed by atoms with van der Waals surface area (Å²) >= 11 is 1.88. The van der Waals surface area contributed by atoms with E-state index in [0.29, 0.717) is 0 Å². The highest BCUT2D eigenvalue weighted by Crippen LogP contribution is 2.43. The van der Waals surface area contributed by atoms with Gasteiger partial charge in [0, 0.05) is 36.6 Å². The van der Waals surface area contributed by atoms with Crippen molar-refractivity contribution < 1.29 is 9.31 Å². The summed E-state index contributed by atoms with van der Waals surface area (Å²) in [5, 5.41) is 5.25. The van der Waals surface area contributed by atoms with E-state index in [1.165, 1.54) is 42.0 Å². The molecule has 0 saturated carbocycles. The Hall–Kier alpha value is -3.12. The summed E-state index contributed by atoms with van der Waals surface area (Å²) in [6.45, 7) is 8.39. The molecule has 0 atom stereocenters. The molecule has 4 aromatic carbocycles. The van der Waals surface area contributed by atoms with Gasteiger partial charge in [-0.25, -0.2) is 0 Å². The molecular formula is C30H26BNO2S. The van der Waals surface area contributed by atoms with Crippen LogP contribution in [-0.2, 0) is 9.31 Å². The van der Waals surface area contributed by atoms with E-state index in [1.807, 2.05) is 11.3 Å². The fourth-order valence-corrected chi connectivity index (χ4v) is 6.56. The van der Waals surface area contributed by atoms with E-state index in [2.05, 4.69) is 117 Å². The second-order valence-electron chi connectivity index (χ2n) is 10.5. The third kappa shape index (κ3) is 2.99. The molecule has 3 nitrogen and oxygen atoms in total. The second kappa shape index (κ2) is 7.20. The van der Waals surface area contributed by atoms with Crippen LogP contribution in [0.1, 0.15) is 27.7 Å². The lowest BCUT2D eigenvalue weighted by Crippen LogP contribution is -2.41. The highest BCUT2D eigenvalue weighted by Gasteiger charge is 2.51. The summed E-state index contributed by atoms with van der Waals surface area (Å²) in [6, 6.07) is 30.6. The van der Waals surface area contributed by atoms with Crippen molar-refractivity contribution >= 4 is 65.9 Å². The summed E-state index contributed by atoms with van der Waals surface area (Å²) in [5.74, 6) is 0. The van der Waals surface area contributed by atoms with Crippen molar-refractivity contribution in [1.82, 2.24) is 4.57 Å². The molecule has 7 rings (SSSR count). The van der Waals surface area contributed by atoms with Gasteiger partial charge in [0.15, 0.2) is 0 Å². The van der Waals surface area contributed by atoms with Crippen molar-refractivity contribution in [2.24, 2.45) is 0 Å². The zero-order valence-electron chi connectivity index (χ0n) is 20.3. The first-order valence-corrected chi connectivity index (χ1v) is 13.0. The molecule has 0 bridgehead atoms. The Balaban J connectivity index is 1.48. The van der Waals surface area contributed by atoms with Crippen LogP contribution in [-0.4, -0.2) is 22.9 Å². The molecule has 3 heterocycles. The predicted octanol–water partition coefficient (Wildman–Crippen LogP) is 7.45. The molecule has 0 radical (unpaired) electrons. The SMILES string of the molecule is CC1(C)OB(c2cccc(-n3c4ccccc4c4c5sc6ccccc6c5ccc43)c2)OC1(C)C.